The molecule has 0 unspecified atom stereocenters. The molecule has 0 atom stereocenters. The number of aromatic nitrogens is 1. The van der Waals surface area contributed by atoms with Crippen molar-refractivity contribution in [2.24, 2.45) is 0 Å². The number of hydrogen-bond acceptors (Lipinski definition) is 7. The number of nitro groups is 1. The van der Waals surface area contributed by atoms with Crippen molar-refractivity contribution in [3.05, 3.63) is 57.0 Å². The first kappa shape index (κ1) is 22.0. The van der Waals surface area contributed by atoms with E-state index in [1.165, 1.54) is 6.07 Å². The molecule has 0 bridgehead atoms. The Bertz CT molecular complexity index is 977. The molecule has 0 saturated carbocycles. The van der Waals surface area contributed by atoms with E-state index in [-0.39, 0.29) is 16.3 Å². The van der Waals surface area contributed by atoms with Gasteiger partial charge >= 0.3 is 17.7 Å². The lowest BCUT2D eigenvalue weighted by Crippen LogP contribution is -2.35. The largest absolute Gasteiger partial charge is 0.465 e. The molecule has 0 N–H and O–H groups in total. The van der Waals surface area contributed by atoms with Gasteiger partial charge in [0, 0.05) is 12.3 Å². The van der Waals surface area contributed by atoms with Crippen LogP contribution in [0.25, 0.3) is 0 Å². The number of benzene rings is 1. The second kappa shape index (κ2) is 8.39. The van der Waals surface area contributed by atoms with Crippen LogP contribution in [0.3, 0.4) is 0 Å². The molecule has 154 valence electrons. The Labute approximate surface area is 170 Å². The molecule has 0 aliphatic carbocycles. The van der Waals surface area contributed by atoms with Crippen molar-refractivity contribution in [3.8, 4) is 0 Å². The van der Waals surface area contributed by atoms with Gasteiger partial charge in [0.25, 0.3) is 0 Å². The van der Waals surface area contributed by atoms with Crippen LogP contribution in [0.4, 0.5) is 26.4 Å². The Morgan fingerprint density at radius 3 is 2.48 bits per heavy atom. The lowest BCUT2D eigenvalue weighted by molar-refractivity contribution is -0.384. The highest BCUT2D eigenvalue weighted by Gasteiger charge is 2.33. The molecule has 1 aromatic carbocycles. The summed E-state index contributed by atoms with van der Waals surface area (Å²) in [7, 11) is 1.10. The summed E-state index contributed by atoms with van der Waals surface area (Å²) < 4.78 is 23.7. The topological polar surface area (TPSA) is 112 Å². The number of esters is 1. The minimum absolute atomic E-state index is 0.0783. The fraction of sp³-hybridized carbons (Fsp3) is 0.278. The highest BCUT2D eigenvalue weighted by Crippen LogP contribution is 2.37. The Balaban J connectivity index is 2.74. The van der Waals surface area contributed by atoms with Gasteiger partial charge in [0.2, 0.25) is 5.82 Å². The van der Waals surface area contributed by atoms with Crippen LogP contribution in [0.2, 0.25) is 5.02 Å². The second-order valence-corrected chi connectivity index (χ2v) is 7.13. The molecule has 0 spiro atoms. The molecule has 1 aromatic heterocycles. The lowest BCUT2D eigenvalue weighted by atomic mass is 10.2. The van der Waals surface area contributed by atoms with Crippen LogP contribution >= 0.6 is 11.6 Å². The van der Waals surface area contributed by atoms with Crippen molar-refractivity contribution < 1.29 is 28.4 Å². The van der Waals surface area contributed by atoms with Gasteiger partial charge in [0.05, 0.1) is 28.3 Å². The standard InChI is InChI=1S/C18H17ClFN3O6/c1-18(2,3)29-17(25)22(13-8-11(20)5-6-12(13)19)15-14(23(26)27)7-10(9-21-15)16(24)28-4/h5-9H,1-4H3. The number of carbonyl (C=O) groups excluding carboxylic acids is 2. The molecule has 2 aromatic rings. The zero-order chi connectivity index (χ0) is 21.9. The number of halogens is 2. The van der Waals surface area contributed by atoms with Crippen LogP contribution in [0.5, 0.6) is 0 Å². The summed E-state index contributed by atoms with van der Waals surface area (Å²) in [5.41, 5.74) is -2.12. The highest BCUT2D eigenvalue weighted by atomic mass is 35.5. The molecule has 0 fully saturated rings. The molecule has 0 saturated heterocycles. The summed E-state index contributed by atoms with van der Waals surface area (Å²) in [5, 5.41) is 11.5. The smallest absolute Gasteiger partial charge is 0.420 e. The van der Waals surface area contributed by atoms with E-state index < -0.39 is 39.9 Å². The summed E-state index contributed by atoms with van der Waals surface area (Å²) in [6, 6.07) is 4.03. The maximum absolute atomic E-state index is 13.8. The van der Waals surface area contributed by atoms with E-state index in [4.69, 9.17) is 16.3 Å². The van der Waals surface area contributed by atoms with Gasteiger partial charge < -0.3 is 9.47 Å². The lowest BCUT2D eigenvalue weighted by Gasteiger charge is -2.27. The summed E-state index contributed by atoms with van der Waals surface area (Å²) in [5.74, 6) is -2.11. The monoisotopic (exact) mass is 425 g/mol. The highest BCUT2D eigenvalue weighted by molar-refractivity contribution is 6.34. The number of anilines is 2. The third kappa shape index (κ3) is 5.17. The molecule has 1 amide bonds. The first-order chi connectivity index (χ1) is 13.4. The van der Waals surface area contributed by atoms with Gasteiger partial charge in [-0.05, 0) is 39.0 Å². The van der Waals surface area contributed by atoms with E-state index in [1.807, 2.05) is 0 Å². The van der Waals surface area contributed by atoms with Crippen molar-refractivity contribution in [3.63, 3.8) is 0 Å². The Kier molecular flexibility index (Phi) is 6.38. The van der Waals surface area contributed by atoms with Crippen LogP contribution in [0.15, 0.2) is 30.5 Å². The average Bonchev–Trinajstić information content (AvgIpc) is 2.62. The van der Waals surface area contributed by atoms with Crippen molar-refractivity contribution in [1.29, 1.82) is 0 Å². The van der Waals surface area contributed by atoms with E-state index >= 15 is 0 Å². The first-order valence-corrected chi connectivity index (χ1v) is 8.53. The van der Waals surface area contributed by atoms with Crippen molar-refractivity contribution in [1.82, 2.24) is 4.98 Å². The van der Waals surface area contributed by atoms with Crippen molar-refractivity contribution in [2.75, 3.05) is 12.0 Å². The van der Waals surface area contributed by atoms with Crippen LogP contribution < -0.4 is 4.90 Å². The Hall–Kier alpha value is -3.27. The third-order valence-electron chi connectivity index (χ3n) is 3.40. The van der Waals surface area contributed by atoms with E-state index in [0.717, 1.165) is 31.5 Å². The predicted molar refractivity (Wildman–Crippen MR) is 102 cm³/mol. The van der Waals surface area contributed by atoms with Gasteiger partial charge in [0.1, 0.15) is 11.4 Å². The molecule has 0 aliphatic heterocycles. The van der Waals surface area contributed by atoms with Crippen LogP contribution in [0.1, 0.15) is 31.1 Å². The maximum atomic E-state index is 13.8. The molecule has 11 heteroatoms. The number of carbonyl (C=O) groups is 2. The first-order valence-electron chi connectivity index (χ1n) is 8.15. The Morgan fingerprint density at radius 1 is 1.28 bits per heavy atom. The zero-order valence-electron chi connectivity index (χ0n) is 15.9. The average molecular weight is 426 g/mol. The number of rotatable bonds is 4. The second-order valence-electron chi connectivity index (χ2n) is 6.73. The van der Waals surface area contributed by atoms with Gasteiger partial charge in [-0.1, -0.05) is 11.6 Å². The summed E-state index contributed by atoms with van der Waals surface area (Å²) in [6.45, 7) is 4.75. The fourth-order valence-electron chi connectivity index (χ4n) is 2.25. The number of ether oxygens (including phenoxy) is 2. The normalized spacial score (nSPS) is 11.0. The van der Waals surface area contributed by atoms with Crippen LogP contribution in [-0.4, -0.2) is 34.7 Å². The Morgan fingerprint density at radius 2 is 1.93 bits per heavy atom. The number of pyridine rings is 1. The van der Waals surface area contributed by atoms with E-state index in [0.29, 0.717) is 4.90 Å². The summed E-state index contributed by atoms with van der Waals surface area (Å²) in [4.78, 5) is 39.8. The van der Waals surface area contributed by atoms with Crippen LogP contribution in [-0.2, 0) is 9.47 Å². The number of nitrogens with zero attached hydrogens (tertiary/aromatic N) is 3. The van der Waals surface area contributed by atoms with Crippen molar-refractivity contribution >= 4 is 40.9 Å². The van der Waals surface area contributed by atoms with Crippen LogP contribution in [0, 0.1) is 15.9 Å². The molecule has 1 heterocycles. The molecular weight excluding hydrogens is 409 g/mol. The van der Waals surface area contributed by atoms with E-state index in [2.05, 4.69) is 9.72 Å². The van der Waals surface area contributed by atoms with Gasteiger partial charge in [-0.2, -0.15) is 0 Å². The van der Waals surface area contributed by atoms with E-state index in [1.54, 1.807) is 20.8 Å². The number of amides is 1. The van der Waals surface area contributed by atoms with Gasteiger partial charge in [-0.3, -0.25) is 10.1 Å². The minimum Gasteiger partial charge on any atom is -0.465 e. The quantitative estimate of drug-likeness (QED) is 0.398. The summed E-state index contributed by atoms with van der Waals surface area (Å²) >= 11 is 6.10. The van der Waals surface area contributed by atoms with Gasteiger partial charge in [-0.15, -0.1) is 0 Å². The molecule has 2 rings (SSSR count). The molecular formula is C18H17ClFN3O6. The molecule has 0 radical (unpaired) electrons. The third-order valence-corrected chi connectivity index (χ3v) is 3.72. The SMILES string of the molecule is COC(=O)c1cnc(N(C(=O)OC(C)(C)C)c2cc(F)ccc2Cl)c([N+](=O)[O-])c1. The summed E-state index contributed by atoms with van der Waals surface area (Å²) in [6.07, 6.45) is -0.0925. The van der Waals surface area contributed by atoms with E-state index in [9.17, 15) is 24.1 Å². The van der Waals surface area contributed by atoms with Gasteiger partial charge in [-0.25, -0.2) is 23.9 Å². The molecule has 9 nitrogen and oxygen atoms in total. The number of hydrogen-bond donors (Lipinski definition) is 0. The maximum Gasteiger partial charge on any atom is 0.420 e. The van der Waals surface area contributed by atoms with Gasteiger partial charge in [0.15, 0.2) is 0 Å². The van der Waals surface area contributed by atoms with Crippen molar-refractivity contribution in [2.45, 2.75) is 26.4 Å². The minimum atomic E-state index is -1.08. The predicted octanol–water partition coefficient (Wildman–Crippen LogP) is 4.64. The fourth-order valence-corrected chi connectivity index (χ4v) is 2.45. The molecule has 29 heavy (non-hydrogen) atoms. The zero-order valence-corrected chi connectivity index (χ0v) is 16.7. The molecule has 0 aliphatic rings. The number of methoxy groups -OCH3 is 1.